The number of phenolic OH excluding ortho intramolecular Hbond substituents is 2. The molecule has 2 N–H and O–H groups in total. The Morgan fingerprint density at radius 2 is 1.48 bits per heavy atom. The molecule has 2 aromatic rings. The van der Waals surface area contributed by atoms with E-state index in [0.717, 1.165) is 0 Å². The predicted octanol–water partition coefficient (Wildman–Crippen LogP) is 3.52. The number of allylic oxidation sites excluding steroid dienone is 2. The second kappa shape index (κ2) is 11.8. The number of aromatic hydroxyl groups is 2. The van der Waals surface area contributed by atoms with Gasteiger partial charge in [-0.2, -0.15) is 0 Å². The summed E-state index contributed by atoms with van der Waals surface area (Å²) in [5.41, 5.74) is 1.25. The average molecular weight is 422 g/mol. The van der Waals surface area contributed by atoms with Crippen LogP contribution in [0.1, 0.15) is 24.0 Å². The Morgan fingerprint density at radius 3 is 2.03 bits per heavy atom. The van der Waals surface area contributed by atoms with Crippen LogP contribution in [0.15, 0.2) is 54.6 Å². The smallest absolute Gasteiger partial charge is 0.163 e. The Kier molecular flexibility index (Phi) is 8.83. The SMILES string of the molecule is COc1cc(/C=C/C(=O)CC(=O)/C=C/c2ccc(O)c(OCCC=C=O)c2)ccc1O. The number of rotatable bonds is 11. The number of benzene rings is 2. The first-order chi connectivity index (χ1) is 14.9. The van der Waals surface area contributed by atoms with Crippen molar-refractivity contribution in [3.05, 3.63) is 65.8 Å². The van der Waals surface area contributed by atoms with Gasteiger partial charge in [0.25, 0.3) is 0 Å². The van der Waals surface area contributed by atoms with Gasteiger partial charge in [-0.05, 0) is 47.5 Å². The van der Waals surface area contributed by atoms with Gasteiger partial charge >= 0.3 is 0 Å². The fourth-order valence-corrected chi connectivity index (χ4v) is 2.50. The molecule has 0 spiro atoms. The third kappa shape index (κ3) is 7.68. The number of hydrogen-bond acceptors (Lipinski definition) is 7. The molecule has 0 amide bonds. The molecular weight excluding hydrogens is 400 g/mol. The van der Waals surface area contributed by atoms with Gasteiger partial charge in [-0.3, -0.25) is 9.59 Å². The van der Waals surface area contributed by atoms with Crippen LogP contribution in [0.2, 0.25) is 0 Å². The summed E-state index contributed by atoms with van der Waals surface area (Å²) >= 11 is 0. The zero-order valence-electron chi connectivity index (χ0n) is 16.9. The van der Waals surface area contributed by atoms with E-state index in [9.17, 15) is 24.6 Å². The highest BCUT2D eigenvalue weighted by molar-refractivity contribution is 6.10. The van der Waals surface area contributed by atoms with E-state index < -0.39 is 0 Å². The molecule has 2 rings (SSSR count). The number of carbonyl (C=O) groups excluding carboxylic acids is 3. The largest absolute Gasteiger partial charge is 0.504 e. The van der Waals surface area contributed by atoms with Crippen molar-refractivity contribution >= 4 is 29.7 Å². The van der Waals surface area contributed by atoms with Gasteiger partial charge in [0.2, 0.25) is 0 Å². The highest BCUT2D eigenvalue weighted by Crippen LogP contribution is 2.28. The molecule has 0 bridgehead atoms. The van der Waals surface area contributed by atoms with Crippen LogP contribution in [0.25, 0.3) is 12.2 Å². The third-order valence-electron chi connectivity index (χ3n) is 4.06. The van der Waals surface area contributed by atoms with E-state index in [1.54, 1.807) is 30.2 Å². The summed E-state index contributed by atoms with van der Waals surface area (Å²) in [4.78, 5) is 34.2. The fourth-order valence-electron chi connectivity index (χ4n) is 2.50. The van der Waals surface area contributed by atoms with Crippen LogP contribution >= 0.6 is 0 Å². The minimum Gasteiger partial charge on any atom is -0.504 e. The van der Waals surface area contributed by atoms with Crippen molar-refractivity contribution in [3.63, 3.8) is 0 Å². The molecule has 0 aliphatic carbocycles. The zero-order chi connectivity index (χ0) is 22.6. The number of hydrogen-bond donors (Lipinski definition) is 2. The summed E-state index contributed by atoms with van der Waals surface area (Å²) in [7, 11) is 1.42. The van der Waals surface area contributed by atoms with E-state index in [1.165, 1.54) is 49.6 Å². The molecule has 0 radical (unpaired) electrons. The van der Waals surface area contributed by atoms with Crippen LogP contribution in [0.5, 0.6) is 23.0 Å². The maximum atomic E-state index is 12.1. The number of ether oxygens (including phenoxy) is 2. The lowest BCUT2D eigenvalue weighted by molar-refractivity contribution is -0.121. The summed E-state index contributed by atoms with van der Waals surface area (Å²) in [6.07, 6.45) is 6.95. The molecule has 0 heterocycles. The lowest BCUT2D eigenvalue weighted by atomic mass is 10.1. The average Bonchev–Trinajstić information content (AvgIpc) is 2.76. The molecular formula is C24H22O7. The standard InChI is InChI=1S/C24H22O7/c1-30-23-14-17(6-10-21(23)28)4-8-19(26)16-20(27)9-5-18-7-11-22(29)24(15-18)31-13-3-2-12-25/h2,4-11,14-15,28-29H,3,13,16H2,1H3/b8-4+,9-5+. The Bertz CT molecular complexity index is 1040. The van der Waals surface area contributed by atoms with E-state index in [-0.39, 0.29) is 47.6 Å². The third-order valence-corrected chi connectivity index (χ3v) is 4.06. The highest BCUT2D eigenvalue weighted by Gasteiger charge is 2.06. The number of phenols is 2. The van der Waals surface area contributed by atoms with Gasteiger partial charge in [0.1, 0.15) is 5.94 Å². The summed E-state index contributed by atoms with van der Waals surface area (Å²) in [5.74, 6) is 1.31. The molecule has 7 nitrogen and oxygen atoms in total. The summed E-state index contributed by atoms with van der Waals surface area (Å²) in [6, 6.07) is 9.20. The van der Waals surface area contributed by atoms with Crippen LogP contribution < -0.4 is 9.47 Å². The van der Waals surface area contributed by atoms with Crippen molar-refractivity contribution in [1.82, 2.24) is 0 Å². The molecule has 0 unspecified atom stereocenters. The Morgan fingerprint density at radius 1 is 0.935 bits per heavy atom. The first-order valence-electron chi connectivity index (χ1n) is 9.37. The molecule has 0 saturated carbocycles. The van der Waals surface area contributed by atoms with Crippen molar-refractivity contribution < 1.29 is 34.1 Å². The van der Waals surface area contributed by atoms with Crippen LogP contribution in [0, 0.1) is 0 Å². The summed E-state index contributed by atoms with van der Waals surface area (Å²) in [5, 5.41) is 19.4. The zero-order valence-corrected chi connectivity index (χ0v) is 16.9. The Labute approximate surface area is 179 Å². The Balaban J connectivity index is 1.94. The van der Waals surface area contributed by atoms with Gasteiger partial charge < -0.3 is 19.7 Å². The first kappa shape index (κ1) is 23.2. The van der Waals surface area contributed by atoms with Gasteiger partial charge in [0.05, 0.1) is 20.1 Å². The lowest BCUT2D eigenvalue weighted by Crippen LogP contribution is -2.02. The van der Waals surface area contributed by atoms with Gasteiger partial charge in [0.15, 0.2) is 34.6 Å². The Hall–Kier alpha value is -4.09. The minimum absolute atomic E-state index is 0.00752. The van der Waals surface area contributed by atoms with Gasteiger partial charge in [0, 0.05) is 12.5 Å². The molecule has 2 aromatic carbocycles. The first-order valence-corrected chi connectivity index (χ1v) is 9.37. The van der Waals surface area contributed by atoms with Crippen LogP contribution in [-0.2, 0) is 14.4 Å². The highest BCUT2D eigenvalue weighted by atomic mass is 16.5. The molecule has 0 aliphatic heterocycles. The maximum Gasteiger partial charge on any atom is 0.163 e. The number of carbonyl (C=O) groups is 2. The molecule has 0 saturated heterocycles. The van der Waals surface area contributed by atoms with Crippen LogP contribution in [0.4, 0.5) is 0 Å². The molecule has 160 valence electrons. The number of methoxy groups -OCH3 is 1. The molecule has 31 heavy (non-hydrogen) atoms. The van der Waals surface area contributed by atoms with E-state index in [0.29, 0.717) is 17.5 Å². The van der Waals surface area contributed by atoms with Crippen molar-refractivity contribution in [2.45, 2.75) is 12.8 Å². The lowest BCUT2D eigenvalue weighted by Gasteiger charge is -2.07. The van der Waals surface area contributed by atoms with E-state index >= 15 is 0 Å². The minimum atomic E-state index is -0.385. The van der Waals surface area contributed by atoms with Crippen LogP contribution in [-0.4, -0.2) is 41.4 Å². The second-order valence-electron chi connectivity index (χ2n) is 6.39. The van der Waals surface area contributed by atoms with Crippen molar-refractivity contribution in [2.24, 2.45) is 0 Å². The van der Waals surface area contributed by atoms with E-state index in [1.807, 2.05) is 0 Å². The molecule has 0 aliphatic rings. The predicted molar refractivity (Wildman–Crippen MR) is 116 cm³/mol. The topological polar surface area (TPSA) is 110 Å². The number of ketones is 2. The summed E-state index contributed by atoms with van der Waals surface area (Å²) in [6.45, 7) is 0.197. The van der Waals surface area contributed by atoms with E-state index in [2.05, 4.69) is 0 Å². The fraction of sp³-hybridized carbons (Fsp3) is 0.167. The quantitative estimate of drug-likeness (QED) is 0.247. The van der Waals surface area contributed by atoms with E-state index in [4.69, 9.17) is 9.47 Å². The normalized spacial score (nSPS) is 10.7. The molecule has 0 fully saturated rings. The molecule has 7 heteroatoms. The van der Waals surface area contributed by atoms with Crippen molar-refractivity contribution in [1.29, 1.82) is 0 Å². The van der Waals surface area contributed by atoms with Crippen LogP contribution in [0.3, 0.4) is 0 Å². The van der Waals surface area contributed by atoms with Gasteiger partial charge in [-0.1, -0.05) is 24.3 Å². The van der Waals surface area contributed by atoms with Gasteiger partial charge in [-0.25, -0.2) is 4.79 Å². The summed E-state index contributed by atoms with van der Waals surface area (Å²) < 4.78 is 10.4. The van der Waals surface area contributed by atoms with Crippen molar-refractivity contribution in [3.8, 4) is 23.0 Å². The monoisotopic (exact) mass is 422 g/mol. The molecule has 0 aromatic heterocycles. The second-order valence-corrected chi connectivity index (χ2v) is 6.39. The van der Waals surface area contributed by atoms with Crippen molar-refractivity contribution in [2.75, 3.05) is 13.7 Å². The molecule has 0 atom stereocenters. The maximum absolute atomic E-state index is 12.1. The van der Waals surface area contributed by atoms with Gasteiger partial charge in [-0.15, -0.1) is 0 Å².